The highest BCUT2D eigenvalue weighted by atomic mass is 35.5. The molecule has 5 rings (SSSR count). The van der Waals surface area contributed by atoms with Crippen molar-refractivity contribution in [2.24, 2.45) is 10.9 Å². The average Bonchev–Trinajstić information content (AvgIpc) is 3.06. The minimum absolute atomic E-state index is 0.0210. The van der Waals surface area contributed by atoms with Crippen LogP contribution in [-0.4, -0.2) is 22.6 Å². The first-order chi connectivity index (χ1) is 15.5. The van der Waals surface area contributed by atoms with Crippen molar-refractivity contribution in [2.45, 2.75) is 38.3 Å². The molecule has 1 N–H and O–H groups in total. The van der Waals surface area contributed by atoms with E-state index in [0.29, 0.717) is 17.1 Å². The molecule has 3 atom stereocenters. The van der Waals surface area contributed by atoms with Gasteiger partial charge in [0.1, 0.15) is 5.83 Å². The summed E-state index contributed by atoms with van der Waals surface area (Å²) in [6.45, 7) is 2.59. The molecular formula is C26H23ClFN3O. The molecule has 2 aromatic rings. The third kappa shape index (κ3) is 3.93. The second-order valence-corrected chi connectivity index (χ2v) is 8.98. The molecule has 0 saturated heterocycles. The minimum atomic E-state index is -0.215. The number of fused-ring (bicyclic) bond motifs is 1. The van der Waals surface area contributed by atoms with Gasteiger partial charge in [0, 0.05) is 53.4 Å². The zero-order valence-electron chi connectivity index (χ0n) is 17.7. The first-order valence-corrected chi connectivity index (χ1v) is 11.2. The van der Waals surface area contributed by atoms with Gasteiger partial charge in [-0.25, -0.2) is 4.39 Å². The third-order valence-electron chi connectivity index (χ3n) is 6.48. The fourth-order valence-electron chi connectivity index (χ4n) is 4.85. The van der Waals surface area contributed by atoms with Crippen LogP contribution in [0.25, 0.3) is 0 Å². The first kappa shape index (κ1) is 20.8. The number of pyridine rings is 1. The number of benzene rings is 1. The summed E-state index contributed by atoms with van der Waals surface area (Å²) >= 11 is 6.23. The molecule has 162 valence electrons. The molecule has 6 heteroatoms. The highest BCUT2D eigenvalue weighted by molar-refractivity contribution is 6.31. The number of nitrogens with zero attached hydrogens (tertiary/aromatic N) is 2. The molecule has 1 aromatic carbocycles. The summed E-state index contributed by atoms with van der Waals surface area (Å²) in [6, 6.07) is 9.72. The van der Waals surface area contributed by atoms with Crippen LogP contribution in [0, 0.1) is 5.92 Å². The standard InChI is InChI=1S/C26H23ClFN3O/c1-15-23(16-4-3-7-29-13-16)10-18(17-8-19(27)12-20(28)9-17)11-25(31-15)21-5-2-6-22-24(21)14-30-26(22)32/h2-8,11-13,15,17,23H,9-10,14H2,1H3,(H,30,32). The van der Waals surface area contributed by atoms with Crippen molar-refractivity contribution in [3.63, 3.8) is 0 Å². The summed E-state index contributed by atoms with van der Waals surface area (Å²) in [7, 11) is 0. The van der Waals surface area contributed by atoms with Crippen LogP contribution in [0.1, 0.15) is 52.7 Å². The number of nitrogens with one attached hydrogen (secondary N) is 1. The van der Waals surface area contributed by atoms with Crippen LogP contribution >= 0.6 is 11.6 Å². The Labute approximate surface area is 191 Å². The van der Waals surface area contributed by atoms with E-state index in [1.54, 1.807) is 6.20 Å². The van der Waals surface area contributed by atoms with Gasteiger partial charge in [-0.15, -0.1) is 0 Å². The summed E-state index contributed by atoms with van der Waals surface area (Å²) in [5, 5.41) is 3.33. The maximum Gasteiger partial charge on any atom is 0.251 e. The maximum absolute atomic E-state index is 14.3. The highest BCUT2D eigenvalue weighted by Crippen LogP contribution is 2.39. The number of aromatic nitrogens is 1. The summed E-state index contributed by atoms with van der Waals surface area (Å²) < 4.78 is 14.3. The lowest BCUT2D eigenvalue weighted by Gasteiger charge is -2.25. The van der Waals surface area contributed by atoms with Crippen molar-refractivity contribution >= 4 is 23.2 Å². The van der Waals surface area contributed by atoms with Crippen LogP contribution in [0.3, 0.4) is 0 Å². The van der Waals surface area contributed by atoms with Crippen molar-refractivity contribution in [1.82, 2.24) is 10.3 Å². The lowest BCUT2D eigenvalue weighted by molar-refractivity contribution is 0.0965. The molecule has 3 unspecified atom stereocenters. The van der Waals surface area contributed by atoms with Crippen molar-refractivity contribution in [2.75, 3.05) is 0 Å². The second-order valence-electron chi connectivity index (χ2n) is 8.54. The van der Waals surface area contributed by atoms with Gasteiger partial charge in [-0.3, -0.25) is 14.8 Å². The van der Waals surface area contributed by atoms with Gasteiger partial charge in [-0.2, -0.15) is 0 Å². The number of carbonyl (C=O) groups is 1. The number of aliphatic imine (C=N–C) groups is 1. The molecule has 1 aliphatic carbocycles. The van der Waals surface area contributed by atoms with Gasteiger partial charge >= 0.3 is 0 Å². The largest absolute Gasteiger partial charge is 0.348 e. The number of hydrogen-bond acceptors (Lipinski definition) is 3. The smallest absolute Gasteiger partial charge is 0.251 e. The zero-order valence-corrected chi connectivity index (χ0v) is 18.4. The van der Waals surface area contributed by atoms with E-state index in [9.17, 15) is 9.18 Å². The van der Waals surface area contributed by atoms with E-state index >= 15 is 0 Å². The Bertz CT molecular complexity index is 1200. The molecule has 3 heterocycles. The summed E-state index contributed by atoms with van der Waals surface area (Å²) in [4.78, 5) is 21.6. The predicted molar refractivity (Wildman–Crippen MR) is 125 cm³/mol. The van der Waals surface area contributed by atoms with Gasteiger partial charge in [0.25, 0.3) is 5.91 Å². The van der Waals surface area contributed by atoms with Gasteiger partial charge in [0.15, 0.2) is 0 Å². The molecule has 0 fully saturated rings. The van der Waals surface area contributed by atoms with Crippen LogP contribution < -0.4 is 5.32 Å². The second kappa shape index (κ2) is 8.47. The minimum Gasteiger partial charge on any atom is -0.348 e. The first-order valence-electron chi connectivity index (χ1n) is 10.8. The van der Waals surface area contributed by atoms with E-state index in [1.807, 2.05) is 36.5 Å². The van der Waals surface area contributed by atoms with Crippen LogP contribution in [0.4, 0.5) is 4.39 Å². The molecule has 0 spiro atoms. The van der Waals surface area contributed by atoms with E-state index in [0.717, 1.165) is 34.4 Å². The Kier molecular flexibility index (Phi) is 5.51. The van der Waals surface area contributed by atoms with Crippen molar-refractivity contribution in [1.29, 1.82) is 0 Å². The van der Waals surface area contributed by atoms with Crippen LogP contribution in [-0.2, 0) is 6.54 Å². The lowest BCUT2D eigenvalue weighted by Crippen LogP contribution is -2.16. The number of rotatable bonds is 3. The topological polar surface area (TPSA) is 54.4 Å². The highest BCUT2D eigenvalue weighted by Gasteiger charge is 2.30. The van der Waals surface area contributed by atoms with Gasteiger partial charge in [0.05, 0.1) is 11.8 Å². The van der Waals surface area contributed by atoms with Crippen LogP contribution in [0.15, 0.2) is 82.4 Å². The predicted octanol–water partition coefficient (Wildman–Crippen LogP) is 5.61. The lowest BCUT2D eigenvalue weighted by atomic mass is 9.81. The number of allylic oxidation sites excluding steroid dienone is 6. The van der Waals surface area contributed by atoms with Crippen LogP contribution in [0.2, 0.25) is 0 Å². The SMILES string of the molecule is CC1N=C(c2cccc3c2CNC3=O)C=C(C2C=C(Cl)C=C(F)C2)CC1c1cccnc1. The quantitative estimate of drug-likeness (QED) is 0.664. The molecule has 4 nitrogen and oxygen atoms in total. The Hall–Kier alpha value is -3.05. The van der Waals surface area contributed by atoms with E-state index in [4.69, 9.17) is 16.6 Å². The number of carbonyl (C=O) groups excluding carboxylic acids is 1. The third-order valence-corrected chi connectivity index (χ3v) is 6.72. The summed E-state index contributed by atoms with van der Waals surface area (Å²) in [5.41, 5.74) is 5.61. The summed E-state index contributed by atoms with van der Waals surface area (Å²) in [6.07, 6.45) is 10.0. The Morgan fingerprint density at radius 2 is 1.97 bits per heavy atom. The normalized spacial score (nSPS) is 25.1. The molecule has 0 radical (unpaired) electrons. The Morgan fingerprint density at radius 3 is 2.75 bits per heavy atom. The molecule has 1 aromatic heterocycles. The number of hydrogen-bond donors (Lipinski definition) is 1. The van der Waals surface area contributed by atoms with E-state index < -0.39 is 0 Å². The fourth-order valence-corrected chi connectivity index (χ4v) is 5.12. The van der Waals surface area contributed by atoms with Crippen molar-refractivity contribution in [3.05, 3.63) is 99.6 Å². The molecule has 3 aliphatic rings. The summed E-state index contributed by atoms with van der Waals surface area (Å²) in [5.74, 6) is -0.313. The fraction of sp³-hybridized carbons (Fsp3) is 0.269. The maximum atomic E-state index is 14.3. The number of amides is 1. The molecular weight excluding hydrogens is 425 g/mol. The Balaban J connectivity index is 1.62. The monoisotopic (exact) mass is 447 g/mol. The molecule has 2 aliphatic heterocycles. The molecule has 32 heavy (non-hydrogen) atoms. The van der Waals surface area contributed by atoms with Gasteiger partial charge in [-0.1, -0.05) is 41.4 Å². The Morgan fingerprint density at radius 1 is 1.12 bits per heavy atom. The van der Waals surface area contributed by atoms with Gasteiger partial charge in [0.2, 0.25) is 0 Å². The molecule has 1 amide bonds. The molecule has 0 bridgehead atoms. The van der Waals surface area contributed by atoms with Crippen molar-refractivity contribution < 1.29 is 9.18 Å². The molecule has 0 saturated carbocycles. The van der Waals surface area contributed by atoms with E-state index in [2.05, 4.69) is 29.4 Å². The van der Waals surface area contributed by atoms with E-state index in [-0.39, 0.29) is 36.0 Å². The van der Waals surface area contributed by atoms with Gasteiger partial charge in [-0.05, 0) is 48.8 Å². The van der Waals surface area contributed by atoms with Gasteiger partial charge < -0.3 is 5.32 Å². The van der Waals surface area contributed by atoms with Crippen molar-refractivity contribution in [3.8, 4) is 0 Å². The van der Waals surface area contributed by atoms with E-state index in [1.165, 1.54) is 6.08 Å². The zero-order chi connectivity index (χ0) is 22.2. The number of halogens is 2. The average molecular weight is 448 g/mol. The van der Waals surface area contributed by atoms with Crippen LogP contribution in [0.5, 0.6) is 0 Å².